The minimum Gasteiger partial charge on any atom is -0.481 e. The van der Waals surface area contributed by atoms with Crippen molar-refractivity contribution in [3.63, 3.8) is 0 Å². The standard InChI is InChI=1S/C13H22N2O5/c1-20-10-7-6-9(8-10)14-13(19)15-11(16)4-2-3-5-12(17)18/h9-10H,2-8H2,1H3,(H,17,18)(H2,14,15,16,19). The number of urea groups is 1. The van der Waals surface area contributed by atoms with E-state index in [1.165, 1.54) is 0 Å². The Morgan fingerprint density at radius 1 is 1.20 bits per heavy atom. The first kappa shape index (κ1) is 16.4. The monoisotopic (exact) mass is 286 g/mol. The number of carbonyl (C=O) groups is 3. The number of carboxylic acids is 1. The molecule has 0 radical (unpaired) electrons. The molecule has 0 saturated heterocycles. The van der Waals surface area contributed by atoms with E-state index in [2.05, 4.69) is 10.6 Å². The predicted molar refractivity (Wildman–Crippen MR) is 71.2 cm³/mol. The van der Waals surface area contributed by atoms with Crippen LogP contribution in [0.25, 0.3) is 0 Å². The van der Waals surface area contributed by atoms with Crippen LogP contribution in [0.5, 0.6) is 0 Å². The molecule has 1 rings (SSSR count). The lowest BCUT2D eigenvalue weighted by molar-refractivity contribution is -0.137. The second-order valence-corrected chi connectivity index (χ2v) is 4.99. The summed E-state index contributed by atoms with van der Waals surface area (Å²) in [4.78, 5) is 33.3. The molecule has 114 valence electrons. The zero-order valence-corrected chi connectivity index (χ0v) is 11.7. The number of hydrogen-bond donors (Lipinski definition) is 3. The van der Waals surface area contributed by atoms with Crippen molar-refractivity contribution in [1.29, 1.82) is 0 Å². The average Bonchev–Trinajstić information content (AvgIpc) is 2.81. The molecule has 0 aromatic heterocycles. The number of imide groups is 1. The summed E-state index contributed by atoms with van der Waals surface area (Å²) in [5, 5.41) is 13.4. The van der Waals surface area contributed by atoms with E-state index in [1.807, 2.05) is 0 Å². The Morgan fingerprint density at radius 3 is 2.50 bits per heavy atom. The molecule has 7 nitrogen and oxygen atoms in total. The third-order valence-corrected chi connectivity index (χ3v) is 3.35. The van der Waals surface area contributed by atoms with E-state index in [0.29, 0.717) is 12.8 Å². The van der Waals surface area contributed by atoms with E-state index in [0.717, 1.165) is 19.3 Å². The minimum atomic E-state index is -0.878. The fraction of sp³-hybridized carbons (Fsp3) is 0.769. The van der Waals surface area contributed by atoms with Crippen LogP contribution in [-0.2, 0) is 14.3 Å². The summed E-state index contributed by atoms with van der Waals surface area (Å²) in [6.07, 6.45) is 3.78. The van der Waals surface area contributed by atoms with Gasteiger partial charge in [-0.3, -0.25) is 14.9 Å². The first-order valence-electron chi connectivity index (χ1n) is 6.86. The summed E-state index contributed by atoms with van der Waals surface area (Å²) in [5.74, 6) is -1.26. The predicted octanol–water partition coefficient (Wildman–Crippen LogP) is 1.02. The number of hydrogen-bond acceptors (Lipinski definition) is 4. The first-order valence-corrected chi connectivity index (χ1v) is 6.86. The fourth-order valence-corrected chi connectivity index (χ4v) is 2.26. The highest BCUT2D eigenvalue weighted by atomic mass is 16.5. The SMILES string of the molecule is COC1CCC(NC(=O)NC(=O)CCCCC(=O)O)C1. The molecule has 1 saturated carbocycles. The zero-order valence-electron chi connectivity index (χ0n) is 11.7. The van der Waals surface area contributed by atoms with Gasteiger partial charge in [0.05, 0.1) is 6.10 Å². The molecular weight excluding hydrogens is 264 g/mol. The van der Waals surface area contributed by atoms with Crippen molar-refractivity contribution >= 4 is 17.9 Å². The van der Waals surface area contributed by atoms with Crippen molar-refractivity contribution in [1.82, 2.24) is 10.6 Å². The normalized spacial score (nSPS) is 21.4. The van der Waals surface area contributed by atoms with Crippen LogP contribution >= 0.6 is 0 Å². The van der Waals surface area contributed by atoms with Gasteiger partial charge < -0.3 is 15.2 Å². The number of carbonyl (C=O) groups excluding carboxylic acids is 2. The topological polar surface area (TPSA) is 105 Å². The molecule has 1 aliphatic rings. The highest BCUT2D eigenvalue weighted by molar-refractivity contribution is 5.94. The number of nitrogens with one attached hydrogen (secondary N) is 2. The number of rotatable bonds is 7. The largest absolute Gasteiger partial charge is 0.481 e. The summed E-state index contributed by atoms with van der Waals surface area (Å²) in [7, 11) is 1.65. The average molecular weight is 286 g/mol. The molecule has 2 unspecified atom stereocenters. The van der Waals surface area contributed by atoms with Crippen molar-refractivity contribution in [2.75, 3.05) is 7.11 Å². The molecule has 0 aromatic carbocycles. The second-order valence-electron chi connectivity index (χ2n) is 4.99. The van der Waals surface area contributed by atoms with Crippen LogP contribution in [0.4, 0.5) is 4.79 Å². The molecule has 0 heterocycles. The molecule has 0 bridgehead atoms. The fourth-order valence-electron chi connectivity index (χ4n) is 2.26. The molecule has 0 spiro atoms. The number of amides is 3. The molecule has 0 aromatic rings. The van der Waals surface area contributed by atoms with Gasteiger partial charge in [0, 0.05) is 26.0 Å². The quantitative estimate of drug-likeness (QED) is 0.606. The Kier molecular flexibility index (Phi) is 7.00. The molecule has 1 fully saturated rings. The van der Waals surface area contributed by atoms with Crippen LogP contribution in [0.1, 0.15) is 44.9 Å². The van der Waals surface area contributed by atoms with Gasteiger partial charge in [-0.25, -0.2) is 4.79 Å². The number of ether oxygens (including phenoxy) is 1. The maximum absolute atomic E-state index is 11.6. The van der Waals surface area contributed by atoms with Crippen LogP contribution in [0.2, 0.25) is 0 Å². The molecule has 7 heteroatoms. The van der Waals surface area contributed by atoms with Gasteiger partial charge in [-0.15, -0.1) is 0 Å². The van der Waals surface area contributed by atoms with Crippen molar-refractivity contribution in [2.45, 2.75) is 57.1 Å². The summed E-state index contributed by atoms with van der Waals surface area (Å²) in [5.41, 5.74) is 0. The second kappa shape index (κ2) is 8.52. The van der Waals surface area contributed by atoms with Gasteiger partial charge in [0.2, 0.25) is 5.91 Å². The molecule has 20 heavy (non-hydrogen) atoms. The molecule has 3 amide bonds. The van der Waals surface area contributed by atoms with Gasteiger partial charge in [-0.2, -0.15) is 0 Å². The molecule has 2 atom stereocenters. The summed E-state index contributed by atoms with van der Waals surface area (Å²) < 4.78 is 5.20. The van der Waals surface area contributed by atoms with E-state index in [1.54, 1.807) is 7.11 Å². The first-order chi connectivity index (χ1) is 9.51. The van der Waals surface area contributed by atoms with E-state index >= 15 is 0 Å². The highest BCUT2D eigenvalue weighted by Gasteiger charge is 2.25. The van der Waals surface area contributed by atoms with Gasteiger partial charge in [0.1, 0.15) is 0 Å². The Bertz CT molecular complexity index is 359. The maximum atomic E-state index is 11.6. The van der Waals surface area contributed by atoms with Gasteiger partial charge in [0.25, 0.3) is 0 Å². The zero-order chi connectivity index (χ0) is 15.0. The summed E-state index contributed by atoms with van der Waals surface area (Å²) in [6.45, 7) is 0. The number of unbranched alkanes of at least 4 members (excludes halogenated alkanes) is 1. The van der Waals surface area contributed by atoms with Gasteiger partial charge >= 0.3 is 12.0 Å². The van der Waals surface area contributed by atoms with Crippen LogP contribution < -0.4 is 10.6 Å². The lowest BCUT2D eigenvalue weighted by atomic mass is 10.2. The summed E-state index contributed by atoms with van der Waals surface area (Å²) >= 11 is 0. The Morgan fingerprint density at radius 2 is 1.90 bits per heavy atom. The van der Waals surface area contributed by atoms with Crippen molar-refractivity contribution < 1.29 is 24.2 Å². The third kappa shape index (κ3) is 6.51. The van der Waals surface area contributed by atoms with Crippen LogP contribution in [0, 0.1) is 0 Å². The Labute approximate surface area is 118 Å². The van der Waals surface area contributed by atoms with Crippen molar-refractivity contribution in [3.05, 3.63) is 0 Å². The number of carboxylic acid groups (broad SMARTS) is 1. The van der Waals surface area contributed by atoms with Crippen LogP contribution in [0.3, 0.4) is 0 Å². The number of methoxy groups -OCH3 is 1. The maximum Gasteiger partial charge on any atom is 0.321 e. The highest BCUT2D eigenvalue weighted by Crippen LogP contribution is 2.21. The lowest BCUT2D eigenvalue weighted by Gasteiger charge is -2.13. The van der Waals surface area contributed by atoms with Crippen LogP contribution in [-0.4, -0.2) is 42.3 Å². The Balaban J connectivity index is 2.12. The molecule has 0 aliphatic heterocycles. The van der Waals surface area contributed by atoms with E-state index < -0.39 is 12.0 Å². The van der Waals surface area contributed by atoms with Crippen LogP contribution in [0.15, 0.2) is 0 Å². The number of aliphatic carboxylic acids is 1. The van der Waals surface area contributed by atoms with Crippen molar-refractivity contribution in [3.8, 4) is 0 Å². The van der Waals surface area contributed by atoms with Crippen molar-refractivity contribution in [2.24, 2.45) is 0 Å². The molecular formula is C13H22N2O5. The van der Waals surface area contributed by atoms with Gasteiger partial charge in [-0.05, 0) is 32.1 Å². The Hall–Kier alpha value is -1.63. The van der Waals surface area contributed by atoms with E-state index in [-0.39, 0.29) is 30.9 Å². The lowest BCUT2D eigenvalue weighted by Crippen LogP contribution is -2.43. The van der Waals surface area contributed by atoms with Gasteiger partial charge in [-0.1, -0.05) is 0 Å². The third-order valence-electron chi connectivity index (χ3n) is 3.35. The smallest absolute Gasteiger partial charge is 0.321 e. The summed E-state index contributed by atoms with van der Waals surface area (Å²) in [6, 6.07) is -0.449. The molecule has 3 N–H and O–H groups in total. The van der Waals surface area contributed by atoms with E-state index in [9.17, 15) is 14.4 Å². The van der Waals surface area contributed by atoms with Gasteiger partial charge in [0.15, 0.2) is 0 Å². The van der Waals surface area contributed by atoms with E-state index in [4.69, 9.17) is 9.84 Å². The molecule has 1 aliphatic carbocycles. The minimum absolute atomic E-state index is 0.0414.